The van der Waals surface area contributed by atoms with Crippen molar-refractivity contribution in [1.29, 1.82) is 0 Å². The van der Waals surface area contributed by atoms with E-state index in [1.54, 1.807) is 0 Å². The first-order chi connectivity index (χ1) is 9.00. The third kappa shape index (κ3) is 2.93. The van der Waals surface area contributed by atoms with Crippen molar-refractivity contribution < 1.29 is 14.0 Å². The second-order valence-corrected chi connectivity index (χ2v) is 5.16. The van der Waals surface area contributed by atoms with Crippen molar-refractivity contribution in [3.8, 4) is 0 Å². The molecule has 0 aromatic heterocycles. The van der Waals surface area contributed by atoms with Crippen molar-refractivity contribution in [2.45, 2.75) is 6.04 Å². The lowest BCUT2D eigenvalue weighted by Crippen LogP contribution is -2.58. The molecule has 1 atom stereocenters. The van der Waals surface area contributed by atoms with E-state index in [2.05, 4.69) is 21.2 Å². The fourth-order valence-corrected chi connectivity index (χ4v) is 2.38. The highest BCUT2D eigenvalue weighted by Crippen LogP contribution is 2.18. The van der Waals surface area contributed by atoms with Crippen LogP contribution in [0.2, 0.25) is 0 Å². The van der Waals surface area contributed by atoms with E-state index < -0.39 is 23.7 Å². The molecule has 2 amide bonds. The monoisotopic (exact) mass is 329 g/mol. The lowest BCUT2D eigenvalue weighted by molar-refractivity contribution is -0.122. The summed E-state index contributed by atoms with van der Waals surface area (Å²) >= 11 is 3.19. The number of nitrogens with two attached hydrogens (primary N) is 1. The topological polar surface area (TPSA) is 75.4 Å². The molecule has 1 saturated heterocycles. The molecule has 0 saturated carbocycles. The van der Waals surface area contributed by atoms with Gasteiger partial charge in [-0.05, 0) is 18.2 Å². The minimum Gasteiger partial charge on any atom is -0.368 e. The molecular weight excluding hydrogens is 317 g/mol. The van der Waals surface area contributed by atoms with E-state index in [0.29, 0.717) is 17.6 Å². The molecule has 1 fully saturated rings. The number of carbonyl (C=O) groups is 2. The Morgan fingerprint density at radius 1 is 1.47 bits per heavy atom. The first kappa shape index (κ1) is 14.0. The summed E-state index contributed by atoms with van der Waals surface area (Å²) < 4.78 is 14.3. The lowest BCUT2D eigenvalue weighted by atomic mass is 10.1. The molecule has 1 unspecified atom stereocenters. The van der Waals surface area contributed by atoms with Crippen LogP contribution in [0.1, 0.15) is 10.4 Å². The predicted octanol–water partition coefficient (Wildman–Crippen LogP) is 0.487. The molecule has 1 aromatic carbocycles. The number of amides is 2. The average molecular weight is 330 g/mol. The number of hydrogen-bond donors (Lipinski definition) is 2. The van der Waals surface area contributed by atoms with Crippen LogP contribution in [-0.4, -0.2) is 42.4 Å². The number of halogens is 2. The molecule has 5 nitrogen and oxygen atoms in total. The van der Waals surface area contributed by atoms with Crippen molar-refractivity contribution in [1.82, 2.24) is 10.2 Å². The maximum absolute atomic E-state index is 13.7. The van der Waals surface area contributed by atoms with Gasteiger partial charge in [0.25, 0.3) is 5.91 Å². The zero-order chi connectivity index (χ0) is 14.0. The smallest absolute Gasteiger partial charge is 0.257 e. The van der Waals surface area contributed by atoms with Gasteiger partial charge >= 0.3 is 0 Å². The molecule has 1 heterocycles. The normalized spacial score (nSPS) is 19.3. The molecule has 1 aromatic rings. The van der Waals surface area contributed by atoms with E-state index in [0.717, 1.165) is 0 Å². The van der Waals surface area contributed by atoms with Crippen molar-refractivity contribution >= 4 is 27.7 Å². The van der Waals surface area contributed by atoms with Crippen LogP contribution in [-0.2, 0) is 4.79 Å². The van der Waals surface area contributed by atoms with Gasteiger partial charge in [0.1, 0.15) is 11.9 Å². The van der Waals surface area contributed by atoms with E-state index in [-0.39, 0.29) is 12.1 Å². The first-order valence-corrected chi connectivity index (χ1v) is 6.56. The molecule has 2 rings (SSSR count). The zero-order valence-electron chi connectivity index (χ0n) is 10.0. The number of piperazine rings is 1. The number of rotatable bonds is 2. The first-order valence-electron chi connectivity index (χ1n) is 5.76. The third-order valence-electron chi connectivity index (χ3n) is 2.99. The van der Waals surface area contributed by atoms with Crippen LogP contribution in [0.25, 0.3) is 0 Å². The summed E-state index contributed by atoms with van der Waals surface area (Å²) in [6.07, 6.45) is 0. The van der Waals surface area contributed by atoms with Gasteiger partial charge in [-0.1, -0.05) is 15.9 Å². The largest absolute Gasteiger partial charge is 0.368 e. The Labute approximate surface area is 118 Å². The minimum atomic E-state index is -0.750. The lowest BCUT2D eigenvalue weighted by Gasteiger charge is -2.34. The number of hydrogen-bond acceptors (Lipinski definition) is 3. The molecular formula is C12H13BrFN3O2. The molecule has 7 heteroatoms. The number of carbonyl (C=O) groups excluding carboxylic acids is 2. The summed E-state index contributed by atoms with van der Waals surface area (Å²) in [7, 11) is 0. The number of benzene rings is 1. The van der Waals surface area contributed by atoms with Crippen LogP contribution in [0.15, 0.2) is 22.7 Å². The van der Waals surface area contributed by atoms with Gasteiger partial charge in [-0.15, -0.1) is 0 Å². The van der Waals surface area contributed by atoms with E-state index in [4.69, 9.17) is 5.73 Å². The predicted molar refractivity (Wildman–Crippen MR) is 71.0 cm³/mol. The molecule has 0 aliphatic carbocycles. The maximum atomic E-state index is 13.7. The van der Waals surface area contributed by atoms with Gasteiger partial charge in [0, 0.05) is 24.1 Å². The van der Waals surface area contributed by atoms with Gasteiger partial charge in [-0.25, -0.2) is 4.39 Å². The van der Waals surface area contributed by atoms with Crippen LogP contribution < -0.4 is 11.1 Å². The molecule has 0 radical (unpaired) electrons. The van der Waals surface area contributed by atoms with Gasteiger partial charge in [0.2, 0.25) is 5.91 Å². The fraction of sp³-hybridized carbons (Fsp3) is 0.333. The summed E-state index contributed by atoms with van der Waals surface area (Å²) in [5, 5.41) is 2.98. The number of primary amides is 1. The number of nitrogens with zero attached hydrogens (tertiary/aromatic N) is 1. The minimum absolute atomic E-state index is 0.0671. The summed E-state index contributed by atoms with van der Waals surface area (Å²) in [4.78, 5) is 25.0. The summed E-state index contributed by atoms with van der Waals surface area (Å²) in [6, 6.07) is 3.37. The highest BCUT2D eigenvalue weighted by molar-refractivity contribution is 9.10. The van der Waals surface area contributed by atoms with Crippen LogP contribution in [0.4, 0.5) is 4.39 Å². The van der Waals surface area contributed by atoms with Gasteiger partial charge in [-0.3, -0.25) is 9.59 Å². The Morgan fingerprint density at radius 3 is 2.89 bits per heavy atom. The quantitative estimate of drug-likeness (QED) is 0.829. The van der Waals surface area contributed by atoms with Crippen molar-refractivity contribution in [2.75, 3.05) is 19.6 Å². The second kappa shape index (κ2) is 5.66. The van der Waals surface area contributed by atoms with Crippen molar-refractivity contribution in [3.05, 3.63) is 34.1 Å². The molecule has 3 N–H and O–H groups in total. The molecule has 1 aliphatic rings. The Kier molecular flexibility index (Phi) is 4.16. The van der Waals surface area contributed by atoms with Gasteiger partial charge in [0.05, 0.1) is 5.56 Å². The van der Waals surface area contributed by atoms with Gasteiger partial charge in [0.15, 0.2) is 0 Å². The SMILES string of the molecule is NC(=O)C1CNCCN1C(=O)c1cc(Br)ccc1F. The van der Waals surface area contributed by atoms with E-state index in [1.807, 2.05) is 0 Å². The van der Waals surface area contributed by atoms with Crippen molar-refractivity contribution in [3.63, 3.8) is 0 Å². The molecule has 1 aliphatic heterocycles. The number of nitrogens with one attached hydrogen (secondary N) is 1. The van der Waals surface area contributed by atoms with Crippen LogP contribution in [0, 0.1) is 5.82 Å². The summed E-state index contributed by atoms with van der Waals surface area (Å²) in [5.74, 6) is -1.74. The Hall–Kier alpha value is -1.47. The van der Waals surface area contributed by atoms with Crippen molar-refractivity contribution in [2.24, 2.45) is 5.73 Å². The molecule has 0 bridgehead atoms. The fourth-order valence-electron chi connectivity index (χ4n) is 2.02. The molecule has 102 valence electrons. The van der Waals surface area contributed by atoms with Gasteiger partial charge < -0.3 is 16.0 Å². The van der Waals surface area contributed by atoms with Crippen LogP contribution in [0.3, 0.4) is 0 Å². The van der Waals surface area contributed by atoms with Crippen LogP contribution in [0.5, 0.6) is 0 Å². The summed E-state index contributed by atoms with van der Waals surface area (Å²) in [5.41, 5.74) is 5.20. The van der Waals surface area contributed by atoms with E-state index in [9.17, 15) is 14.0 Å². The summed E-state index contributed by atoms with van der Waals surface area (Å²) in [6.45, 7) is 1.15. The highest BCUT2D eigenvalue weighted by atomic mass is 79.9. The van der Waals surface area contributed by atoms with Gasteiger partial charge in [-0.2, -0.15) is 0 Å². The standard InChI is InChI=1S/C12H13BrFN3O2/c13-7-1-2-9(14)8(5-7)12(19)17-4-3-16-6-10(17)11(15)18/h1-2,5,10,16H,3-4,6H2,(H2,15,18). The average Bonchev–Trinajstić information content (AvgIpc) is 2.40. The second-order valence-electron chi connectivity index (χ2n) is 4.25. The molecule has 0 spiro atoms. The zero-order valence-corrected chi connectivity index (χ0v) is 11.6. The van der Waals surface area contributed by atoms with E-state index >= 15 is 0 Å². The maximum Gasteiger partial charge on any atom is 0.257 e. The van der Waals surface area contributed by atoms with E-state index in [1.165, 1.54) is 23.1 Å². The van der Waals surface area contributed by atoms with Crippen LogP contribution >= 0.6 is 15.9 Å². The molecule has 19 heavy (non-hydrogen) atoms. The Balaban J connectivity index is 2.31. The Morgan fingerprint density at radius 2 is 2.21 bits per heavy atom. The third-order valence-corrected chi connectivity index (χ3v) is 3.48. The highest BCUT2D eigenvalue weighted by Gasteiger charge is 2.32. The Bertz CT molecular complexity index is 524.